The zero-order valence-corrected chi connectivity index (χ0v) is 13.6. The fraction of sp³-hybridized carbons (Fsp3) is 0.462. The molecule has 1 atom stereocenters. The van der Waals surface area contributed by atoms with Crippen molar-refractivity contribution in [2.24, 2.45) is 0 Å². The maximum absolute atomic E-state index is 6.02. The van der Waals surface area contributed by atoms with Gasteiger partial charge in [-0.05, 0) is 43.6 Å². The zero-order valence-electron chi connectivity index (χ0n) is 10.5. The molecule has 5 heteroatoms. The lowest BCUT2D eigenvalue weighted by molar-refractivity contribution is 0.534. The van der Waals surface area contributed by atoms with E-state index in [9.17, 15) is 0 Å². The minimum Gasteiger partial charge on any atom is -0.324 e. The lowest BCUT2D eigenvalue weighted by atomic mass is 10.2. The lowest BCUT2D eigenvalue weighted by Crippen LogP contribution is -2.09. The highest BCUT2D eigenvalue weighted by molar-refractivity contribution is 9.10. The van der Waals surface area contributed by atoms with E-state index in [-0.39, 0.29) is 0 Å². The summed E-state index contributed by atoms with van der Waals surface area (Å²) in [5.41, 5.74) is 2.18. The van der Waals surface area contributed by atoms with Crippen LogP contribution in [0.4, 0.5) is 0 Å². The molecule has 0 saturated heterocycles. The van der Waals surface area contributed by atoms with Crippen molar-refractivity contribution in [1.29, 1.82) is 0 Å². The van der Waals surface area contributed by atoms with Crippen LogP contribution in [0, 0.1) is 0 Å². The molecule has 0 aliphatic heterocycles. The van der Waals surface area contributed by atoms with Crippen molar-refractivity contribution in [1.82, 2.24) is 9.55 Å². The Bertz CT molecular complexity index is 541. The summed E-state index contributed by atoms with van der Waals surface area (Å²) in [6, 6.07) is 6.59. The average Bonchev–Trinajstić information content (AvgIpc) is 2.73. The van der Waals surface area contributed by atoms with Crippen molar-refractivity contribution in [3.05, 3.63) is 28.5 Å². The standard InChI is InChI=1S/C13H16BrClN2S/c1-9(5-6-18-2)17-12-7-10(14)3-4-11(12)16-13(17)8-15/h3-4,7,9H,5-6,8H2,1-2H3. The molecular weight excluding hydrogens is 332 g/mol. The van der Waals surface area contributed by atoms with Gasteiger partial charge < -0.3 is 4.57 Å². The third-order valence-electron chi connectivity index (χ3n) is 3.02. The van der Waals surface area contributed by atoms with E-state index in [2.05, 4.69) is 44.7 Å². The average molecular weight is 348 g/mol. The highest BCUT2D eigenvalue weighted by Gasteiger charge is 2.15. The summed E-state index contributed by atoms with van der Waals surface area (Å²) >= 11 is 11.4. The van der Waals surface area contributed by atoms with Crippen LogP contribution in [-0.2, 0) is 5.88 Å². The highest BCUT2D eigenvalue weighted by atomic mass is 79.9. The summed E-state index contributed by atoms with van der Waals surface area (Å²) in [7, 11) is 0. The van der Waals surface area contributed by atoms with E-state index in [0.29, 0.717) is 11.9 Å². The Morgan fingerprint density at radius 2 is 2.28 bits per heavy atom. The zero-order chi connectivity index (χ0) is 13.1. The Hall–Kier alpha value is -0.190. The third-order valence-corrected chi connectivity index (χ3v) is 4.40. The van der Waals surface area contributed by atoms with Gasteiger partial charge in [0.25, 0.3) is 0 Å². The van der Waals surface area contributed by atoms with Crippen LogP contribution in [0.15, 0.2) is 22.7 Å². The molecule has 0 saturated carbocycles. The van der Waals surface area contributed by atoms with Gasteiger partial charge in [-0.15, -0.1) is 11.6 Å². The summed E-state index contributed by atoms with van der Waals surface area (Å²) in [5.74, 6) is 2.56. The third kappa shape index (κ3) is 2.86. The maximum Gasteiger partial charge on any atom is 0.125 e. The molecule has 0 bridgehead atoms. The van der Waals surface area contributed by atoms with Crippen LogP contribution in [0.25, 0.3) is 11.0 Å². The van der Waals surface area contributed by atoms with E-state index < -0.39 is 0 Å². The van der Waals surface area contributed by atoms with Gasteiger partial charge in [-0.3, -0.25) is 0 Å². The van der Waals surface area contributed by atoms with Crippen molar-refractivity contribution in [3.8, 4) is 0 Å². The normalized spacial score (nSPS) is 13.1. The van der Waals surface area contributed by atoms with Gasteiger partial charge in [0.05, 0.1) is 16.9 Å². The molecular formula is C13H16BrClN2S. The monoisotopic (exact) mass is 346 g/mol. The first-order valence-electron chi connectivity index (χ1n) is 5.88. The van der Waals surface area contributed by atoms with Gasteiger partial charge in [-0.1, -0.05) is 15.9 Å². The molecule has 18 heavy (non-hydrogen) atoms. The van der Waals surface area contributed by atoms with Crippen LogP contribution in [0.1, 0.15) is 25.2 Å². The molecule has 1 heterocycles. The van der Waals surface area contributed by atoms with E-state index in [1.807, 2.05) is 23.9 Å². The quantitative estimate of drug-likeness (QED) is 0.719. The predicted molar refractivity (Wildman–Crippen MR) is 84.7 cm³/mol. The van der Waals surface area contributed by atoms with E-state index in [1.54, 1.807) is 0 Å². The fourth-order valence-corrected chi connectivity index (χ4v) is 3.23. The van der Waals surface area contributed by atoms with E-state index in [4.69, 9.17) is 11.6 Å². The number of hydrogen-bond donors (Lipinski definition) is 0. The topological polar surface area (TPSA) is 17.8 Å². The Morgan fingerprint density at radius 3 is 2.94 bits per heavy atom. The van der Waals surface area contributed by atoms with Gasteiger partial charge in [-0.25, -0.2) is 4.98 Å². The summed E-state index contributed by atoms with van der Waals surface area (Å²) in [5, 5.41) is 0. The van der Waals surface area contributed by atoms with Gasteiger partial charge in [-0.2, -0.15) is 11.8 Å². The molecule has 1 unspecified atom stereocenters. The predicted octanol–water partition coefficient (Wildman–Crippen LogP) is 4.85. The number of aromatic nitrogens is 2. The minimum atomic E-state index is 0.422. The smallest absolute Gasteiger partial charge is 0.125 e. The maximum atomic E-state index is 6.02. The van der Waals surface area contributed by atoms with Crippen molar-refractivity contribution >= 4 is 50.3 Å². The van der Waals surface area contributed by atoms with Gasteiger partial charge in [0, 0.05) is 10.5 Å². The minimum absolute atomic E-state index is 0.422. The first-order chi connectivity index (χ1) is 8.67. The molecule has 2 nitrogen and oxygen atoms in total. The lowest BCUT2D eigenvalue weighted by Gasteiger charge is -2.16. The Labute approximate surface area is 125 Å². The van der Waals surface area contributed by atoms with Crippen LogP contribution in [0.2, 0.25) is 0 Å². The molecule has 0 amide bonds. The molecule has 98 valence electrons. The Kier molecular flexibility index (Phi) is 4.98. The summed E-state index contributed by atoms with van der Waals surface area (Å²) in [6.45, 7) is 2.23. The number of alkyl halides is 1. The number of benzene rings is 1. The van der Waals surface area contributed by atoms with Crippen LogP contribution in [0.5, 0.6) is 0 Å². The second-order valence-corrected chi connectivity index (χ2v) is 6.46. The number of imidazole rings is 1. The Balaban J connectivity index is 2.48. The van der Waals surface area contributed by atoms with Gasteiger partial charge in [0.1, 0.15) is 5.82 Å². The largest absolute Gasteiger partial charge is 0.324 e. The molecule has 2 rings (SSSR count). The van der Waals surface area contributed by atoms with Gasteiger partial charge >= 0.3 is 0 Å². The highest BCUT2D eigenvalue weighted by Crippen LogP contribution is 2.27. The van der Waals surface area contributed by atoms with Crippen molar-refractivity contribution in [2.45, 2.75) is 25.3 Å². The summed E-state index contributed by atoms with van der Waals surface area (Å²) in [6.07, 6.45) is 3.26. The molecule has 0 aliphatic carbocycles. The molecule has 1 aromatic heterocycles. The number of fused-ring (bicyclic) bond motifs is 1. The molecule has 0 N–H and O–H groups in total. The second kappa shape index (κ2) is 6.31. The van der Waals surface area contributed by atoms with Crippen molar-refractivity contribution in [3.63, 3.8) is 0 Å². The fourth-order valence-electron chi connectivity index (χ4n) is 2.12. The molecule has 2 aromatic rings. The SMILES string of the molecule is CSCCC(C)n1c(CCl)nc2ccc(Br)cc21. The number of halogens is 2. The summed E-state index contributed by atoms with van der Waals surface area (Å²) in [4.78, 5) is 4.60. The Morgan fingerprint density at radius 1 is 1.50 bits per heavy atom. The summed E-state index contributed by atoms with van der Waals surface area (Å²) < 4.78 is 3.35. The van der Waals surface area contributed by atoms with Gasteiger partial charge in [0.2, 0.25) is 0 Å². The van der Waals surface area contributed by atoms with E-state index in [0.717, 1.165) is 33.5 Å². The van der Waals surface area contributed by atoms with Crippen LogP contribution < -0.4 is 0 Å². The number of rotatable bonds is 5. The molecule has 0 radical (unpaired) electrons. The molecule has 0 aliphatic rings. The second-order valence-electron chi connectivity index (χ2n) is 4.30. The van der Waals surface area contributed by atoms with Gasteiger partial charge in [0.15, 0.2) is 0 Å². The van der Waals surface area contributed by atoms with Crippen molar-refractivity contribution < 1.29 is 0 Å². The van der Waals surface area contributed by atoms with Crippen LogP contribution in [0.3, 0.4) is 0 Å². The number of nitrogens with zero attached hydrogens (tertiary/aromatic N) is 2. The van der Waals surface area contributed by atoms with Crippen LogP contribution >= 0.6 is 39.3 Å². The number of hydrogen-bond acceptors (Lipinski definition) is 2. The van der Waals surface area contributed by atoms with E-state index >= 15 is 0 Å². The van der Waals surface area contributed by atoms with E-state index in [1.165, 1.54) is 0 Å². The van der Waals surface area contributed by atoms with Crippen molar-refractivity contribution in [2.75, 3.05) is 12.0 Å². The molecule has 0 spiro atoms. The first kappa shape index (κ1) is 14.2. The number of thioether (sulfide) groups is 1. The first-order valence-corrected chi connectivity index (χ1v) is 8.60. The van der Waals surface area contributed by atoms with Crippen LogP contribution in [-0.4, -0.2) is 21.6 Å². The molecule has 1 aromatic carbocycles. The molecule has 0 fully saturated rings.